The highest BCUT2D eigenvalue weighted by molar-refractivity contribution is 6.35. The highest BCUT2D eigenvalue weighted by atomic mass is 35.5. The molecular weight excluding hydrogens is 347 g/mol. The van der Waals surface area contributed by atoms with Crippen molar-refractivity contribution in [3.8, 4) is 0 Å². The van der Waals surface area contributed by atoms with Crippen molar-refractivity contribution in [2.75, 3.05) is 10.6 Å². The molecule has 0 radical (unpaired) electrons. The van der Waals surface area contributed by atoms with Crippen LogP contribution in [0.15, 0.2) is 36.4 Å². The number of amides is 2. The van der Waals surface area contributed by atoms with Crippen molar-refractivity contribution in [1.82, 2.24) is 0 Å². The van der Waals surface area contributed by atoms with Crippen LogP contribution in [-0.4, -0.2) is 11.8 Å². The molecule has 0 heterocycles. The van der Waals surface area contributed by atoms with Crippen molar-refractivity contribution in [2.45, 2.75) is 19.8 Å². The first-order valence-electron chi connectivity index (χ1n) is 7.61. The van der Waals surface area contributed by atoms with E-state index in [1.54, 1.807) is 24.3 Å². The molecule has 24 heavy (non-hydrogen) atoms. The Labute approximate surface area is 150 Å². The first-order chi connectivity index (χ1) is 11.4. The number of benzene rings is 2. The van der Waals surface area contributed by atoms with Gasteiger partial charge < -0.3 is 10.6 Å². The molecular formula is C18H16Cl2N2O2. The molecule has 0 aromatic heterocycles. The van der Waals surface area contributed by atoms with Gasteiger partial charge in [-0.05, 0) is 55.7 Å². The van der Waals surface area contributed by atoms with Crippen molar-refractivity contribution in [1.29, 1.82) is 0 Å². The standard InChI is InChI=1S/C18H16Cl2N2O2/c1-10-2-5-15(21-17(23)11-3-4-11)9-16(10)22-18(24)12-6-13(19)8-14(20)7-12/h2,5-9,11H,3-4H2,1H3,(H,21,23)(H,22,24). The van der Waals surface area contributed by atoms with Gasteiger partial charge in [-0.1, -0.05) is 29.3 Å². The first kappa shape index (κ1) is 16.8. The van der Waals surface area contributed by atoms with Crippen LogP contribution in [0.2, 0.25) is 10.0 Å². The Bertz CT molecular complexity index is 796. The van der Waals surface area contributed by atoms with Crippen LogP contribution in [0.4, 0.5) is 11.4 Å². The Morgan fingerprint density at radius 1 is 1.00 bits per heavy atom. The maximum Gasteiger partial charge on any atom is 0.255 e. The quantitative estimate of drug-likeness (QED) is 0.812. The van der Waals surface area contributed by atoms with Crippen LogP contribution >= 0.6 is 23.2 Å². The van der Waals surface area contributed by atoms with E-state index in [-0.39, 0.29) is 17.7 Å². The molecule has 1 fully saturated rings. The zero-order chi connectivity index (χ0) is 17.3. The number of nitrogens with one attached hydrogen (secondary N) is 2. The highest BCUT2D eigenvalue weighted by Gasteiger charge is 2.29. The van der Waals surface area contributed by atoms with Gasteiger partial charge in [-0.25, -0.2) is 0 Å². The fourth-order valence-electron chi connectivity index (χ4n) is 2.30. The van der Waals surface area contributed by atoms with Gasteiger partial charge in [-0.3, -0.25) is 9.59 Å². The van der Waals surface area contributed by atoms with Gasteiger partial charge >= 0.3 is 0 Å². The van der Waals surface area contributed by atoms with Gasteiger partial charge in [0.05, 0.1) is 0 Å². The van der Waals surface area contributed by atoms with Gasteiger partial charge in [0.2, 0.25) is 5.91 Å². The van der Waals surface area contributed by atoms with E-state index in [4.69, 9.17) is 23.2 Å². The van der Waals surface area contributed by atoms with Gasteiger partial charge in [0.25, 0.3) is 5.91 Å². The molecule has 6 heteroatoms. The zero-order valence-corrected chi connectivity index (χ0v) is 14.5. The fraction of sp³-hybridized carbons (Fsp3) is 0.222. The third-order valence-electron chi connectivity index (χ3n) is 3.83. The molecule has 0 bridgehead atoms. The number of hydrogen-bond acceptors (Lipinski definition) is 2. The molecule has 4 nitrogen and oxygen atoms in total. The molecule has 0 spiro atoms. The third-order valence-corrected chi connectivity index (χ3v) is 4.26. The minimum Gasteiger partial charge on any atom is -0.326 e. The van der Waals surface area contributed by atoms with Gasteiger partial charge in [-0.2, -0.15) is 0 Å². The molecule has 1 aliphatic carbocycles. The van der Waals surface area contributed by atoms with Gasteiger partial charge in [0, 0.05) is 32.9 Å². The van der Waals surface area contributed by atoms with Crippen LogP contribution in [0.1, 0.15) is 28.8 Å². The summed E-state index contributed by atoms with van der Waals surface area (Å²) >= 11 is 11.9. The molecule has 1 saturated carbocycles. The number of carbonyl (C=O) groups excluding carboxylic acids is 2. The van der Waals surface area contributed by atoms with Crippen LogP contribution in [0.3, 0.4) is 0 Å². The van der Waals surface area contributed by atoms with E-state index < -0.39 is 0 Å². The summed E-state index contributed by atoms with van der Waals surface area (Å²) in [5, 5.41) is 6.50. The van der Waals surface area contributed by atoms with E-state index in [0.717, 1.165) is 18.4 Å². The largest absolute Gasteiger partial charge is 0.326 e. The van der Waals surface area contributed by atoms with Crippen molar-refractivity contribution < 1.29 is 9.59 Å². The molecule has 124 valence electrons. The molecule has 3 rings (SSSR count). The maximum atomic E-state index is 12.4. The highest BCUT2D eigenvalue weighted by Crippen LogP contribution is 2.31. The van der Waals surface area contributed by atoms with Gasteiger partial charge in [0.15, 0.2) is 0 Å². The van der Waals surface area contributed by atoms with E-state index in [1.165, 1.54) is 0 Å². The van der Waals surface area contributed by atoms with Crippen molar-refractivity contribution in [3.63, 3.8) is 0 Å². The SMILES string of the molecule is Cc1ccc(NC(=O)C2CC2)cc1NC(=O)c1cc(Cl)cc(Cl)c1. The molecule has 0 unspecified atom stereocenters. The lowest BCUT2D eigenvalue weighted by Crippen LogP contribution is -2.15. The summed E-state index contributed by atoms with van der Waals surface area (Å²) in [6.07, 6.45) is 1.88. The Balaban J connectivity index is 1.78. The smallest absolute Gasteiger partial charge is 0.255 e. The van der Waals surface area contributed by atoms with Crippen molar-refractivity contribution >= 4 is 46.4 Å². The van der Waals surface area contributed by atoms with E-state index in [1.807, 2.05) is 19.1 Å². The monoisotopic (exact) mass is 362 g/mol. The lowest BCUT2D eigenvalue weighted by molar-refractivity contribution is -0.117. The zero-order valence-electron chi connectivity index (χ0n) is 13.0. The summed E-state index contributed by atoms with van der Waals surface area (Å²) < 4.78 is 0. The van der Waals surface area contributed by atoms with Crippen molar-refractivity contribution in [3.05, 3.63) is 57.6 Å². The number of halogens is 2. The summed E-state index contributed by atoms with van der Waals surface area (Å²) in [4.78, 5) is 24.3. The maximum absolute atomic E-state index is 12.4. The van der Waals surface area contributed by atoms with Crippen LogP contribution in [0.25, 0.3) is 0 Å². The molecule has 1 aliphatic rings. The molecule has 2 N–H and O–H groups in total. The third kappa shape index (κ3) is 4.08. The van der Waals surface area contributed by atoms with Crippen LogP contribution in [0.5, 0.6) is 0 Å². The predicted molar refractivity (Wildman–Crippen MR) is 96.9 cm³/mol. The van der Waals surface area contributed by atoms with Crippen LogP contribution < -0.4 is 10.6 Å². The molecule has 2 aromatic rings. The van der Waals surface area contributed by atoms with E-state index in [0.29, 0.717) is 27.0 Å². The fourth-order valence-corrected chi connectivity index (χ4v) is 2.83. The number of aryl methyl sites for hydroxylation is 1. The molecule has 0 aliphatic heterocycles. The van der Waals surface area contributed by atoms with E-state index >= 15 is 0 Å². The molecule has 2 aromatic carbocycles. The first-order valence-corrected chi connectivity index (χ1v) is 8.37. The molecule has 0 atom stereocenters. The Hall–Kier alpha value is -2.04. The van der Waals surface area contributed by atoms with E-state index in [2.05, 4.69) is 10.6 Å². The van der Waals surface area contributed by atoms with Gasteiger partial charge in [-0.15, -0.1) is 0 Å². The minimum atomic E-state index is -0.312. The lowest BCUT2D eigenvalue weighted by atomic mass is 10.1. The average Bonchev–Trinajstić information content (AvgIpc) is 3.34. The topological polar surface area (TPSA) is 58.2 Å². The summed E-state index contributed by atoms with van der Waals surface area (Å²) in [7, 11) is 0. The van der Waals surface area contributed by atoms with Crippen LogP contribution in [-0.2, 0) is 4.79 Å². The minimum absolute atomic E-state index is 0.0257. The second-order valence-electron chi connectivity index (χ2n) is 5.91. The summed E-state index contributed by atoms with van der Waals surface area (Å²) in [6, 6.07) is 10.1. The summed E-state index contributed by atoms with van der Waals surface area (Å²) in [5.74, 6) is -0.163. The average molecular weight is 363 g/mol. The second kappa shape index (κ2) is 6.83. The normalized spacial score (nSPS) is 13.5. The van der Waals surface area contributed by atoms with E-state index in [9.17, 15) is 9.59 Å². The second-order valence-corrected chi connectivity index (χ2v) is 6.78. The molecule has 2 amide bonds. The summed E-state index contributed by atoms with van der Waals surface area (Å²) in [6.45, 7) is 1.88. The lowest BCUT2D eigenvalue weighted by Gasteiger charge is -2.12. The Morgan fingerprint density at radius 2 is 1.67 bits per heavy atom. The predicted octanol–water partition coefficient (Wildman–Crippen LogP) is 4.90. The number of hydrogen-bond donors (Lipinski definition) is 2. The summed E-state index contributed by atoms with van der Waals surface area (Å²) in [5.41, 5.74) is 2.56. The number of rotatable bonds is 4. The Morgan fingerprint density at radius 3 is 2.29 bits per heavy atom. The van der Waals surface area contributed by atoms with Gasteiger partial charge in [0.1, 0.15) is 0 Å². The number of anilines is 2. The van der Waals surface area contributed by atoms with Crippen LogP contribution in [0, 0.1) is 12.8 Å². The number of carbonyl (C=O) groups is 2. The Kier molecular flexibility index (Phi) is 4.78. The van der Waals surface area contributed by atoms with Crippen molar-refractivity contribution in [2.24, 2.45) is 5.92 Å². The molecule has 0 saturated heterocycles.